The molecule has 1 saturated heterocycles. The van der Waals surface area contributed by atoms with Crippen molar-refractivity contribution in [2.24, 2.45) is 0 Å². The predicted molar refractivity (Wildman–Crippen MR) is 29.4 cm³/mol. The van der Waals surface area contributed by atoms with Crippen LogP contribution in [0.4, 0.5) is 0 Å². The van der Waals surface area contributed by atoms with Gasteiger partial charge in [-0.25, -0.2) is 0 Å². The van der Waals surface area contributed by atoms with Crippen molar-refractivity contribution in [1.82, 2.24) is 0 Å². The van der Waals surface area contributed by atoms with E-state index >= 15 is 0 Å². The van der Waals surface area contributed by atoms with Crippen LogP contribution in [0.3, 0.4) is 0 Å². The van der Waals surface area contributed by atoms with Gasteiger partial charge in [-0.3, -0.25) is 0 Å². The lowest BCUT2D eigenvalue weighted by Crippen LogP contribution is -2.46. The minimum Gasteiger partial charge on any atom is -0.391 e. The first kappa shape index (κ1) is 7.90. The molecular weight excluding hydrogens is 140 g/mol. The molecule has 0 spiro atoms. The summed E-state index contributed by atoms with van der Waals surface area (Å²) >= 11 is 0. The van der Waals surface area contributed by atoms with Gasteiger partial charge in [0.2, 0.25) is 5.79 Å². The molecule has 4 N–H and O–H groups in total. The average Bonchev–Trinajstić information content (AvgIpc) is 2.19. The summed E-state index contributed by atoms with van der Waals surface area (Å²) < 4.78 is 4.39. The fourth-order valence-corrected chi connectivity index (χ4v) is 0.729. The van der Waals surface area contributed by atoms with Crippen molar-refractivity contribution in [3.05, 3.63) is 6.61 Å². The van der Waals surface area contributed by atoms with E-state index in [0.717, 1.165) is 6.61 Å². The van der Waals surface area contributed by atoms with E-state index < -0.39 is 24.6 Å². The maximum absolute atomic E-state index is 9.03. The zero-order chi connectivity index (χ0) is 7.78. The topological polar surface area (TPSA) is 90.2 Å². The second-order valence-electron chi connectivity index (χ2n) is 2.19. The summed E-state index contributed by atoms with van der Waals surface area (Å²) in [6, 6.07) is 0. The van der Waals surface area contributed by atoms with Crippen LogP contribution in [-0.4, -0.2) is 45.0 Å². The molecule has 1 aliphatic heterocycles. The van der Waals surface area contributed by atoms with Crippen molar-refractivity contribution >= 4 is 0 Å². The molecule has 59 valence electrons. The smallest absolute Gasteiger partial charge is 0.219 e. The van der Waals surface area contributed by atoms with Gasteiger partial charge in [-0.15, -0.1) is 0 Å². The maximum Gasteiger partial charge on any atom is 0.219 e. The Morgan fingerprint density at radius 2 is 2.10 bits per heavy atom. The molecular formula is C5H9O5. The second-order valence-corrected chi connectivity index (χ2v) is 2.19. The quantitative estimate of drug-likeness (QED) is 0.333. The summed E-state index contributed by atoms with van der Waals surface area (Å²) in [5.41, 5.74) is 0. The third-order valence-electron chi connectivity index (χ3n) is 1.42. The van der Waals surface area contributed by atoms with Crippen LogP contribution in [0.15, 0.2) is 0 Å². The first-order valence-corrected chi connectivity index (χ1v) is 2.80. The van der Waals surface area contributed by atoms with E-state index in [1.165, 1.54) is 0 Å². The number of rotatable bonds is 1. The van der Waals surface area contributed by atoms with Crippen molar-refractivity contribution in [3.8, 4) is 0 Å². The molecule has 0 amide bonds. The maximum atomic E-state index is 9.03. The monoisotopic (exact) mass is 149 g/mol. The van der Waals surface area contributed by atoms with Crippen LogP contribution in [-0.2, 0) is 4.74 Å². The van der Waals surface area contributed by atoms with Gasteiger partial charge >= 0.3 is 0 Å². The summed E-state index contributed by atoms with van der Waals surface area (Å²) in [4.78, 5) is 0. The second kappa shape index (κ2) is 2.44. The highest BCUT2D eigenvalue weighted by Crippen LogP contribution is 2.25. The Kier molecular flexibility index (Phi) is 1.93. The summed E-state index contributed by atoms with van der Waals surface area (Å²) in [5, 5.41) is 35.1. The van der Waals surface area contributed by atoms with Gasteiger partial charge in [0.15, 0.2) is 0 Å². The van der Waals surface area contributed by atoms with Crippen LogP contribution < -0.4 is 0 Å². The van der Waals surface area contributed by atoms with Crippen molar-refractivity contribution < 1.29 is 25.2 Å². The van der Waals surface area contributed by atoms with Crippen molar-refractivity contribution in [3.63, 3.8) is 0 Å². The van der Waals surface area contributed by atoms with Crippen LogP contribution in [0.5, 0.6) is 0 Å². The first-order chi connectivity index (χ1) is 4.60. The molecule has 1 heterocycles. The highest BCUT2D eigenvalue weighted by atomic mass is 16.7. The zero-order valence-electron chi connectivity index (χ0n) is 5.14. The molecule has 10 heavy (non-hydrogen) atoms. The Hall–Kier alpha value is -0.200. The van der Waals surface area contributed by atoms with Gasteiger partial charge in [0.1, 0.15) is 18.8 Å². The Morgan fingerprint density at radius 3 is 2.30 bits per heavy atom. The molecule has 0 aromatic carbocycles. The Labute approximate surface area is 57.5 Å². The van der Waals surface area contributed by atoms with Crippen LogP contribution in [0.25, 0.3) is 0 Å². The molecule has 1 fully saturated rings. The molecule has 0 aromatic rings. The number of ether oxygens (including phenoxy) is 1. The standard InChI is InChI=1S/C5H9O5/c6-2-5(9)4(8)3(7)1-10-5/h1,3-4,6-9H,2H2/t3-,4+,5-/m1/s1. The molecule has 5 heteroatoms. The molecule has 0 unspecified atom stereocenters. The van der Waals surface area contributed by atoms with Crippen molar-refractivity contribution in [1.29, 1.82) is 0 Å². The van der Waals surface area contributed by atoms with E-state index in [2.05, 4.69) is 4.74 Å². The molecule has 0 aliphatic carbocycles. The van der Waals surface area contributed by atoms with Crippen LogP contribution in [0.2, 0.25) is 0 Å². The molecule has 1 rings (SSSR count). The molecule has 5 nitrogen and oxygen atoms in total. The molecule has 1 aliphatic rings. The van der Waals surface area contributed by atoms with Gasteiger partial charge in [0, 0.05) is 0 Å². The summed E-state index contributed by atoms with van der Waals surface area (Å²) in [6.45, 7) is 0.128. The third-order valence-corrected chi connectivity index (χ3v) is 1.42. The highest BCUT2D eigenvalue weighted by molar-refractivity contribution is 4.94. The van der Waals surface area contributed by atoms with Crippen molar-refractivity contribution in [2.75, 3.05) is 6.61 Å². The SMILES string of the molecule is OC[C@@]1(O)O[CH][C@@H](O)[C@@H]1O. The molecule has 0 bridgehead atoms. The normalized spacial score (nSPS) is 48.0. The van der Waals surface area contributed by atoms with Crippen LogP contribution in [0, 0.1) is 6.61 Å². The minimum atomic E-state index is -2.03. The van der Waals surface area contributed by atoms with E-state index in [0.29, 0.717) is 0 Å². The predicted octanol–water partition coefficient (Wildman–Crippen LogP) is -2.42. The van der Waals surface area contributed by atoms with E-state index in [4.69, 9.17) is 20.4 Å². The lowest BCUT2D eigenvalue weighted by Gasteiger charge is -2.22. The van der Waals surface area contributed by atoms with E-state index in [1.54, 1.807) is 0 Å². The minimum absolute atomic E-state index is 0.748. The van der Waals surface area contributed by atoms with Gasteiger partial charge in [-0.2, -0.15) is 0 Å². The third kappa shape index (κ3) is 1.02. The molecule has 1 radical (unpaired) electrons. The van der Waals surface area contributed by atoms with E-state index in [9.17, 15) is 0 Å². The average molecular weight is 149 g/mol. The first-order valence-electron chi connectivity index (χ1n) is 2.80. The van der Waals surface area contributed by atoms with Crippen LogP contribution in [0.1, 0.15) is 0 Å². The van der Waals surface area contributed by atoms with Gasteiger partial charge < -0.3 is 25.2 Å². The Balaban J connectivity index is 2.64. The Bertz CT molecular complexity index is 127. The number of aliphatic hydroxyl groups excluding tert-OH is 3. The zero-order valence-corrected chi connectivity index (χ0v) is 5.14. The largest absolute Gasteiger partial charge is 0.391 e. The van der Waals surface area contributed by atoms with Crippen LogP contribution >= 0.6 is 0 Å². The van der Waals surface area contributed by atoms with Gasteiger partial charge in [-0.05, 0) is 0 Å². The van der Waals surface area contributed by atoms with Gasteiger partial charge in [0.05, 0.1) is 6.61 Å². The summed E-state index contributed by atoms with van der Waals surface area (Å²) in [5.74, 6) is -2.03. The summed E-state index contributed by atoms with van der Waals surface area (Å²) in [7, 11) is 0. The number of hydrogen-bond acceptors (Lipinski definition) is 5. The lowest BCUT2D eigenvalue weighted by molar-refractivity contribution is -0.227. The summed E-state index contributed by atoms with van der Waals surface area (Å²) in [6.07, 6.45) is -2.71. The molecule has 3 atom stereocenters. The van der Waals surface area contributed by atoms with Crippen molar-refractivity contribution in [2.45, 2.75) is 18.0 Å². The highest BCUT2D eigenvalue weighted by Gasteiger charge is 2.47. The number of aliphatic hydroxyl groups is 4. The van der Waals surface area contributed by atoms with Gasteiger partial charge in [0.25, 0.3) is 0 Å². The van der Waals surface area contributed by atoms with E-state index in [1.807, 2.05) is 0 Å². The number of hydrogen-bond donors (Lipinski definition) is 4. The fourth-order valence-electron chi connectivity index (χ4n) is 0.729. The van der Waals surface area contributed by atoms with E-state index in [-0.39, 0.29) is 0 Å². The van der Waals surface area contributed by atoms with Gasteiger partial charge in [-0.1, -0.05) is 0 Å². The lowest BCUT2D eigenvalue weighted by atomic mass is 10.1. The fraction of sp³-hybridized carbons (Fsp3) is 0.800. The molecule has 0 aromatic heterocycles. The molecule has 0 saturated carbocycles. The Morgan fingerprint density at radius 1 is 1.50 bits per heavy atom.